The minimum absolute atomic E-state index is 0. The monoisotopic (exact) mass is 1030 g/mol. The van der Waals surface area contributed by atoms with Gasteiger partial charge >= 0.3 is 11.9 Å². The normalized spacial score (nSPS) is 26.4. The quantitative estimate of drug-likeness (QED) is 0.156. The average molecular weight is 1030 g/mol. The summed E-state index contributed by atoms with van der Waals surface area (Å²) in [5, 5.41) is 21.5. The highest BCUT2D eigenvalue weighted by Crippen LogP contribution is 2.67. The summed E-state index contributed by atoms with van der Waals surface area (Å²) in [6, 6.07) is 20.3. The fraction of sp³-hybridized carbons (Fsp3) is 0.500. The molecule has 12 heteroatoms. The van der Waals surface area contributed by atoms with E-state index in [1.807, 2.05) is 38.1 Å². The van der Waals surface area contributed by atoms with Gasteiger partial charge in [-0.05, 0) is 221 Å². The van der Waals surface area contributed by atoms with Gasteiger partial charge in [0.25, 0.3) is 0 Å². The van der Waals surface area contributed by atoms with E-state index in [2.05, 4.69) is 47.2 Å². The molecule has 0 amide bonds. The standard InChI is InChI=1S/2C31H33FN2O3.2CH4/c2*1-17-9-23(3-4-26(17)32)34-27-11-24-18(2)33-16-20(24)10-25(27)28(29(34)19-5-7-37-8-6-19)21-12-31(13-21)14-22(15-31)30(35)36;;/h2*3-4,9-11,19,21-22H,5-8,12-16H2,1-2H3,(H,35,36);2*1H4. The fourth-order valence-corrected chi connectivity index (χ4v) is 15.4. The van der Waals surface area contributed by atoms with Crippen LogP contribution in [0, 0.1) is 48.1 Å². The number of aromatic nitrogens is 2. The lowest BCUT2D eigenvalue weighted by Crippen LogP contribution is -2.49. The maximum Gasteiger partial charge on any atom is 0.306 e. The Balaban J connectivity index is 0.000000158. The van der Waals surface area contributed by atoms with Crippen molar-refractivity contribution in [3.8, 4) is 11.4 Å². The molecule has 10 nitrogen and oxygen atoms in total. The molecule has 4 aliphatic carbocycles. The Morgan fingerprint density at radius 3 is 1.25 bits per heavy atom. The summed E-state index contributed by atoms with van der Waals surface area (Å²) in [4.78, 5) is 32.4. The topological polar surface area (TPSA) is 128 Å². The van der Waals surface area contributed by atoms with Crippen molar-refractivity contribution in [3.05, 3.63) is 128 Å². The second-order valence-electron chi connectivity index (χ2n) is 23.9. The van der Waals surface area contributed by atoms with Crippen LogP contribution < -0.4 is 0 Å². The van der Waals surface area contributed by atoms with Crippen LogP contribution in [-0.2, 0) is 32.2 Å². The Morgan fingerprint density at radius 2 is 0.908 bits per heavy atom. The first-order valence-corrected chi connectivity index (χ1v) is 27.3. The largest absolute Gasteiger partial charge is 0.481 e. The van der Waals surface area contributed by atoms with Gasteiger partial charge in [-0.3, -0.25) is 19.6 Å². The van der Waals surface area contributed by atoms with Crippen LogP contribution in [0.15, 0.2) is 70.6 Å². The van der Waals surface area contributed by atoms with Crippen molar-refractivity contribution in [2.45, 2.75) is 156 Å². The van der Waals surface area contributed by atoms with Gasteiger partial charge < -0.3 is 28.8 Å². The number of hydrogen-bond donors (Lipinski definition) is 2. The van der Waals surface area contributed by atoms with Crippen molar-refractivity contribution in [2.75, 3.05) is 26.4 Å². The molecule has 2 N–H and O–H groups in total. The summed E-state index contributed by atoms with van der Waals surface area (Å²) < 4.78 is 45.0. The molecule has 6 fully saturated rings. The number of benzene rings is 4. The Bertz CT molecular complexity index is 3160. The van der Waals surface area contributed by atoms with E-state index in [0.717, 1.165) is 139 Å². The molecule has 76 heavy (non-hydrogen) atoms. The van der Waals surface area contributed by atoms with Crippen molar-refractivity contribution in [1.82, 2.24) is 9.13 Å². The molecule has 2 saturated heterocycles. The molecule has 8 aliphatic rings. The van der Waals surface area contributed by atoms with Crippen LogP contribution in [0.3, 0.4) is 0 Å². The molecule has 0 bridgehead atoms. The number of rotatable bonds is 8. The lowest BCUT2D eigenvalue weighted by atomic mass is 9.47. The Labute approximate surface area is 445 Å². The van der Waals surface area contributed by atoms with Crippen LogP contribution in [0.4, 0.5) is 8.78 Å². The number of aliphatic imine (C=N–C) groups is 2. The van der Waals surface area contributed by atoms with Gasteiger partial charge in [0, 0.05) is 94.3 Å². The molecule has 4 saturated carbocycles. The SMILES string of the molecule is C.C.CC1=NCc2cc3c(C4CC5(CC(C(=O)O)C5)C4)c(C4CCOCC4)n(-c4ccc(F)c(C)c4)c3cc21.CC1=NCc2cc3c(C4CC5(CC(C(=O)O)C5)C4)c(C4CCOCC4)n(-c4ccc(F)c(C)c4)c3cc21. The zero-order valence-electron chi connectivity index (χ0n) is 43.0. The number of aryl methyl sites for hydroxylation is 2. The van der Waals surface area contributed by atoms with Crippen molar-refractivity contribution in [2.24, 2.45) is 32.7 Å². The van der Waals surface area contributed by atoms with E-state index in [4.69, 9.17) is 19.5 Å². The molecule has 4 aromatic carbocycles. The molecule has 2 aromatic heterocycles. The molecule has 6 aromatic rings. The molecule has 2 spiro atoms. The first kappa shape index (κ1) is 52.1. The molecule has 0 unspecified atom stereocenters. The van der Waals surface area contributed by atoms with Crippen LogP contribution in [0.25, 0.3) is 33.2 Å². The number of carboxylic acids is 2. The summed E-state index contributed by atoms with van der Waals surface area (Å²) in [7, 11) is 0. The molecular formula is C64H74F2N4O6. The molecule has 0 atom stereocenters. The van der Waals surface area contributed by atoms with E-state index < -0.39 is 11.9 Å². The smallest absolute Gasteiger partial charge is 0.306 e. The Morgan fingerprint density at radius 1 is 0.539 bits per heavy atom. The first-order valence-electron chi connectivity index (χ1n) is 27.3. The number of carbonyl (C=O) groups is 2. The maximum absolute atomic E-state index is 14.3. The fourth-order valence-electron chi connectivity index (χ4n) is 15.4. The van der Waals surface area contributed by atoms with E-state index in [1.54, 1.807) is 12.1 Å². The number of hydrogen-bond acceptors (Lipinski definition) is 6. The maximum atomic E-state index is 14.3. The highest BCUT2D eigenvalue weighted by molar-refractivity contribution is 6.07. The van der Waals surface area contributed by atoms with Gasteiger partial charge in [-0.1, -0.05) is 14.9 Å². The zero-order chi connectivity index (χ0) is 50.9. The minimum Gasteiger partial charge on any atom is -0.481 e. The summed E-state index contributed by atoms with van der Waals surface area (Å²) in [6.45, 7) is 12.3. The van der Waals surface area contributed by atoms with Crippen LogP contribution >= 0.6 is 0 Å². The first-order chi connectivity index (χ1) is 35.7. The third-order valence-corrected chi connectivity index (χ3v) is 19.3. The molecule has 6 heterocycles. The number of fused-ring (bicyclic) bond motifs is 4. The van der Waals surface area contributed by atoms with Crippen molar-refractivity contribution < 1.29 is 38.1 Å². The second kappa shape index (κ2) is 19.5. The van der Waals surface area contributed by atoms with Crippen LogP contribution in [0.1, 0.15) is 185 Å². The van der Waals surface area contributed by atoms with Crippen LogP contribution in [0.5, 0.6) is 0 Å². The van der Waals surface area contributed by atoms with Gasteiger partial charge in [-0.15, -0.1) is 0 Å². The molecule has 4 aliphatic heterocycles. The Hall–Kier alpha value is -5.98. The van der Waals surface area contributed by atoms with E-state index in [9.17, 15) is 28.6 Å². The summed E-state index contributed by atoms with van der Waals surface area (Å²) in [6.07, 6.45) is 11.4. The van der Waals surface area contributed by atoms with Gasteiger partial charge in [0.15, 0.2) is 0 Å². The van der Waals surface area contributed by atoms with Gasteiger partial charge in [-0.2, -0.15) is 0 Å². The van der Waals surface area contributed by atoms with Crippen LogP contribution in [-0.4, -0.2) is 69.1 Å². The van der Waals surface area contributed by atoms with E-state index >= 15 is 0 Å². The summed E-state index contributed by atoms with van der Waals surface area (Å²) in [5.74, 6) is -0.444. The third kappa shape index (κ3) is 8.46. The van der Waals surface area contributed by atoms with Crippen molar-refractivity contribution in [3.63, 3.8) is 0 Å². The average Bonchev–Trinajstić information content (AvgIpc) is 4.28. The summed E-state index contributed by atoms with van der Waals surface area (Å²) >= 11 is 0. The summed E-state index contributed by atoms with van der Waals surface area (Å²) in [5.41, 5.74) is 18.8. The van der Waals surface area contributed by atoms with E-state index in [1.165, 1.54) is 66.6 Å². The van der Waals surface area contributed by atoms with E-state index in [-0.39, 0.29) is 49.2 Å². The molecule has 0 radical (unpaired) electrons. The van der Waals surface area contributed by atoms with Gasteiger partial charge in [0.05, 0.1) is 36.0 Å². The number of nitrogens with zero attached hydrogens (tertiary/aromatic N) is 4. The second-order valence-corrected chi connectivity index (χ2v) is 23.9. The van der Waals surface area contributed by atoms with E-state index in [0.29, 0.717) is 34.8 Å². The highest BCUT2D eigenvalue weighted by atomic mass is 19.1. The molecule has 400 valence electrons. The number of carboxylic acid groups (broad SMARTS) is 2. The highest BCUT2D eigenvalue weighted by Gasteiger charge is 2.57. The number of halogens is 2. The van der Waals surface area contributed by atoms with Gasteiger partial charge in [0.1, 0.15) is 11.6 Å². The number of aliphatic carboxylic acids is 2. The predicted molar refractivity (Wildman–Crippen MR) is 296 cm³/mol. The van der Waals surface area contributed by atoms with Crippen molar-refractivity contribution in [1.29, 1.82) is 0 Å². The third-order valence-electron chi connectivity index (χ3n) is 19.3. The lowest BCUT2D eigenvalue weighted by molar-refractivity contribution is -0.156. The predicted octanol–water partition coefficient (Wildman–Crippen LogP) is 14.6. The van der Waals surface area contributed by atoms with Crippen LogP contribution in [0.2, 0.25) is 0 Å². The minimum atomic E-state index is -0.647. The zero-order valence-corrected chi connectivity index (χ0v) is 43.0. The lowest BCUT2D eigenvalue weighted by Gasteiger charge is -2.57. The Kier molecular flexibility index (Phi) is 13.4. The van der Waals surface area contributed by atoms with Gasteiger partial charge in [-0.25, -0.2) is 8.78 Å². The molecular weight excluding hydrogens is 959 g/mol. The molecule has 14 rings (SSSR count). The number of ether oxygens (including phenoxy) is 2. The van der Waals surface area contributed by atoms with Crippen molar-refractivity contribution >= 4 is 45.2 Å². The van der Waals surface area contributed by atoms with Gasteiger partial charge in [0.2, 0.25) is 0 Å².